The van der Waals surface area contributed by atoms with Crippen LogP contribution in [0.25, 0.3) is 6.08 Å². The van der Waals surface area contributed by atoms with Gasteiger partial charge >= 0.3 is 0 Å². The Labute approximate surface area is 171 Å². The number of allylic oxidation sites excluding steroid dienone is 1. The fraction of sp³-hybridized carbons (Fsp3) is 0.217. The molecule has 28 heavy (non-hydrogen) atoms. The SMILES string of the molecule is COc1cc(/C=C/CC(C)c2ccccc2)nc(Nc2cccc(Cl)c2C)n1. The van der Waals surface area contributed by atoms with Gasteiger partial charge in [-0.3, -0.25) is 0 Å². The predicted octanol–water partition coefficient (Wildman–Crippen LogP) is 6.40. The molecule has 0 amide bonds. The number of rotatable bonds is 7. The standard InChI is InChI=1S/C23H24ClN3O/c1-16(18-10-5-4-6-11-18)9-7-12-19-15-22(28-3)27-23(25-19)26-21-14-8-13-20(24)17(21)2/h4-8,10-16H,9H2,1-3H3,(H,25,26,27)/b12-7+. The van der Waals surface area contributed by atoms with Crippen LogP contribution in [0.4, 0.5) is 11.6 Å². The number of hydrogen-bond acceptors (Lipinski definition) is 4. The van der Waals surface area contributed by atoms with Crippen LogP contribution in [0.2, 0.25) is 5.02 Å². The molecule has 0 fully saturated rings. The fourth-order valence-electron chi connectivity index (χ4n) is 2.86. The zero-order chi connectivity index (χ0) is 19.9. The van der Waals surface area contributed by atoms with Crippen LogP contribution >= 0.6 is 11.6 Å². The Morgan fingerprint density at radius 1 is 1.11 bits per heavy atom. The van der Waals surface area contributed by atoms with Crippen LogP contribution in [-0.4, -0.2) is 17.1 Å². The van der Waals surface area contributed by atoms with Gasteiger partial charge < -0.3 is 10.1 Å². The van der Waals surface area contributed by atoms with Crippen LogP contribution in [0.1, 0.15) is 36.1 Å². The van der Waals surface area contributed by atoms with Gasteiger partial charge in [-0.25, -0.2) is 4.98 Å². The second kappa shape index (κ2) is 9.38. The molecule has 0 spiro atoms. The van der Waals surface area contributed by atoms with Crippen molar-refractivity contribution in [1.82, 2.24) is 9.97 Å². The molecule has 0 saturated carbocycles. The third-order valence-electron chi connectivity index (χ3n) is 4.59. The molecule has 1 unspecified atom stereocenters. The third kappa shape index (κ3) is 5.11. The van der Waals surface area contributed by atoms with Gasteiger partial charge in [0.15, 0.2) is 0 Å². The first-order chi connectivity index (χ1) is 13.6. The van der Waals surface area contributed by atoms with E-state index in [-0.39, 0.29) is 0 Å². The van der Waals surface area contributed by atoms with Gasteiger partial charge in [0.25, 0.3) is 0 Å². The van der Waals surface area contributed by atoms with Gasteiger partial charge in [-0.1, -0.05) is 61.0 Å². The van der Waals surface area contributed by atoms with Crippen molar-refractivity contribution < 1.29 is 4.74 Å². The van der Waals surface area contributed by atoms with E-state index in [1.165, 1.54) is 5.56 Å². The fourth-order valence-corrected chi connectivity index (χ4v) is 3.04. The van der Waals surface area contributed by atoms with Gasteiger partial charge in [0.2, 0.25) is 11.8 Å². The first-order valence-corrected chi connectivity index (χ1v) is 9.61. The van der Waals surface area contributed by atoms with Crippen LogP contribution in [-0.2, 0) is 0 Å². The Balaban J connectivity index is 1.76. The molecule has 1 aromatic heterocycles. The van der Waals surface area contributed by atoms with Gasteiger partial charge in [0.1, 0.15) is 0 Å². The zero-order valence-corrected chi connectivity index (χ0v) is 17.1. The Morgan fingerprint density at radius 2 is 1.89 bits per heavy atom. The predicted molar refractivity (Wildman–Crippen MR) is 117 cm³/mol. The number of hydrogen-bond donors (Lipinski definition) is 1. The van der Waals surface area contributed by atoms with E-state index in [1.807, 2.05) is 43.3 Å². The van der Waals surface area contributed by atoms with Crippen molar-refractivity contribution in [3.05, 3.63) is 82.5 Å². The lowest BCUT2D eigenvalue weighted by molar-refractivity contribution is 0.397. The highest BCUT2D eigenvalue weighted by atomic mass is 35.5. The van der Waals surface area contributed by atoms with Gasteiger partial charge in [0, 0.05) is 16.8 Å². The van der Waals surface area contributed by atoms with Crippen molar-refractivity contribution >= 4 is 29.3 Å². The summed E-state index contributed by atoms with van der Waals surface area (Å²) in [5, 5.41) is 3.93. The van der Waals surface area contributed by atoms with E-state index >= 15 is 0 Å². The molecule has 0 aliphatic heterocycles. The number of benzene rings is 2. The Kier molecular flexibility index (Phi) is 6.66. The molecule has 144 valence electrons. The third-order valence-corrected chi connectivity index (χ3v) is 5.00. The second-order valence-electron chi connectivity index (χ2n) is 6.65. The lowest BCUT2D eigenvalue weighted by Crippen LogP contribution is -2.02. The van der Waals surface area contributed by atoms with Crippen molar-refractivity contribution in [2.45, 2.75) is 26.2 Å². The first kappa shape index (κ1) is 19.9. The Hall–Kier alpha value is -2.85. The van der Waals surface area contributed by atoms with Crippen LogP contribution < -0.4 is 10.1 Å². The van der Waals surface area contributed by atoms with E-state index in [2.05, 4.69) is 52.5 Å². The molecule has 1 atom stereocenters. The lowest BCUT2D eigenvalue weighted by Gasteiger charge is -2.11. The summed E-state index contributed by atoms with van der Waals surface area (Å²) in [6.07, 6.45) is 5.06. The monoisotopic (exact) mass is 393 g/mol. The molecular formula is C23H24ClN3O. The summed E-state index contributed by atoms with van der Waals surface area (Å²) in [7, 11) is 1.60. The molecule has 0 saturated heterocycles. The molecule has 1 N–H and O–H groups in total. The Bertz CT molecular complexity index is 957. The van der Waals surface area contributed by atoms with Crippen molar-refractivity contribution in [3.63, 3.8) is 0 Å². The molecule has 2 aromatic carbocycles. The van der Waals surface area contributed by atoms with Crippen LogP contribution in [0, 0.1) is 6.92 Å². The van der Waals surface area contributed by atoms with Crippen LogP contribution in [0.15, 0.2) is 60.7 Å². The van der Waals surface area contributed by atoms with Gasteiger partial charge in [-0.2, -0.15) is 4.98 Å². The summed E-state index contributed by atoms with van der Waals surface area (Å²) >= 11 is 6.20. The van der Waals surface area contributed by atoms with E-state index in [0.29, 0.717) is 22.8 Å². The smallest absolute Gasteiger partial charge is 0.231 e. The van der Waals surface area contributed by atoms with E-state index < -0.39 is 0 Å². The van der Waals surface area contributed by atoms with E-state index in [4.69, 9.17) is 16.3 Å². The molecule has 4 nitrogen and oxygen atoms in total. The molecule has 0 aliphatic carbocycles. The molecule has 3 rings (SSSR count). The quantitative estimate of drug-likeness (QED) is 0.504. The largest absolute Gasteiger partial charge is 0.481 e. The molecule has 3 aromatic rings. The number of methoxy groups -OCH3 is 1. The van der Waals surface area contributed by atoms with E-state index in [1.54, 1.807) is 7.11 Å². The minimum absolute atomic E-state index is 0.438. The van der Waals surface area contributed by atoms with Crippen molar-refractivity contribution in [2.75, 3.05) is 12.4 Å². The van der Waals surface area contributed by atoms with E-state index in [0.717, 1.165) is 23.4 Å². The molecular weight excluding hydrogens is 370 g/mol. The first-order valence-electron chi connectivity index (χ1n) is 9.23. The number of nitrogens with one attached hydrogen (secondary N) is 1. The van der Waals surface area contributed by atoms with Gasteiger partial charge in [-0.15, -0.1) is 0 Å². The average Bonchev–Trinajstić information content (AvgIpc) is 2.72. The normalized spacial score (nSPS) is 12.1. The van der Waals surface area contributed by atoms with Gasteiger partial charge in [0.05, 0.1) is 12.8 Å². The molecule has 0 bridgehead atoms. The molecule has 0 aliphatic rings. The van der Waals surface area contributed by atoms with Crippen molar-refractivity contribution in [1.29, 1.82) is 0 Å². The topological polar surface area (TPSA) is 47.0 Å². The summed E-state index contributed by atoms with van der Waals surface area (Å²) < 4.78 is 5.33. The minimum Gasteiger partial charge on any atom is -0.481 e. The lowest BCUT2D eigenvalue weighted by atomic mass is 9.98. The Morgan fingerprint density at radius 3 is 2.64 bits per heavy atom. The highest BCUT2D eigenvalue weighted by Gasteiger charge is 2.08. The number of ether oxygens (including phenoxy) is 1. The highest BCUT2D eigenvalue weighted by molar-refractivity contribution is 6.31. The van der Waals surface area contributed by atoms with Crippen LogP contribution in [0.5, 0.6) is 5.88 Å². The molecule has 0 radical (unpaired) electrons. The maximum absolute atomic E-state index is 6.20. The summed E-state index contributed by atoms with van der Waals surface area (Å²) in [4.78, 5) is 8.97. The maximum atomic E-state index is 6.20. The van der Waals surface area contributed by atoms with Crippen molar-refractivity contribution in [3.8, 4) is 5.88 Å². The molecule has 5 heteroatoms. The highest BCUT2D eigenvalue weighted by Crippen LogP contribution is 2.26. The number of halogens is 1. The van der Waals surface area contributed by atoms with Gasteiger partial charge in [-0.05, 0) is 48.6 Å². The number of nitrogens with zero attached hydrogens (tertiary/aromatic N) is 2. The number of aromatic nitrogens is 2. The minimum atomic E-state index is 0.438. The summed E-state index contributed by atoms with van der Waals surface area (Å²) in [5.74, 6) is 1.42. The summed E-state index contributed by atoms with van der Waals surface area (Å²) in [5.41, 5.74) is 3.93. The van der Waals surface area contributed by atoms with E-state index in [9.17, 15) is 0 Å². The summed E-state index contributed by atoms with van der Waals surface area (Å²) in [6.45, 7) is 4.17. The second-order valence-corrected chi connectivity index (χ2v) is 7.05. The maximum Gasteiger partial charge on any atom is 0.231 e. The summed E-state index contributed by atoms with van der Waals surface area (Å²) in [6, 6.07) is 18.0. The van der Waals surface area contributed by atoms with Crippen LogP contribution in [0.3, 0.4) is 0 Å². The zero-order valence-electron chi connectivity index (χ0n) is 16.3. The van der Waals surface area contributed by atoms with Crippen molar-refractivity contribution in [2.24, 2.45) is 0 Å². The average molecular weight is 394 g/mol. The molecule has 1 heterocycles. The number of anilines is 2.